The molecule has 0 unspecified atom stereocenters. The van der Waals surface area contributed by atoms with Crippen molar-refractivity contribution in [2.24, 2.45) is 12.8 Å². The Labute approximate surface area is 227 Å². The third kappa shape index (κ3) is 6.09. The van der Waals surface area contributed by atoms with Crippen LogP contribution in [0.15, 0.2) is 66.9 Å². The van der Waals surface area contributed by atoms with Gasteiger partial charge in [0.1, 0.15) is 24.0 Å². The van der Waals surface area contributed by atoms with E-state index in [4.69, 9.17) is 20.9 Å². The molecule has 4 aromatic rings. The summed E-state index contributed by atoms with van der Waals surface area (Å²) in [6, 6.07) is 17.9. The highest BCUT2D eigenvalue weighted by Gasteiger charge is 2.23. The summed E-state index contributed by atoms with van der Waals surface area (Å²) in [5.74, 6) is 0.315. The second-order valence-corrected chi connectivity index (χ2v) is 8.49. The summed E-state index contributed by atoms with van der Waals surface area (Å²) in [5.41, 5.74) is 9.11. The molecular weight excluding hydrogens is 506 g/mol. The van der Waals surface area contributed by atoms with Gasteiger partial charge in [0, 0.05) is 37.1 Å². The van der Waals surface area contributed by atoms with Crippen LogP contribution in [0.4, 0.5) is 11.5 Å². The van der Waals surface area contributed by atoms with E-state index >= 15 is 0 Å². The number of aryl methyl sites for hydroxylation is 1. The molecule has 2 aromatic carbocycles. The smallest absolute Gasteiger partial charge is 0.326 e. The van der Waals surface area contributed by atoms with E-state index in [9.17, 15) is 9.59 Å². The average Bonchev–Trinajstić information content (AvgIpc) is 3.21. The van der Waals surface area contributed by atoms with E-state index < -0.39 is 5.97 Å². The summed E-state index contributed by atoms with van der Waals surface area (Å²) in [6.45, 7) is 2.22. The number of aromatic nitrogens is 3. The molecule has 0 atom stereocenters. The Morgan fingerprint density at radius 2 is 1.79 bits per heavy atom. The van der Waals surface area contributed by atoms with Crippen LogP contribution >= 0.6 is 12.4 Å². The number of amides is 1. The van der Waals surface area contributed by atoms with Crippen LogP contribution in [0.3, 0.4) is 0 Å². The first kappa shape index (κ1) is 28.1. The van der Waals surface area contributed by atoms with Crippen LogP contribution in [-0.2, 0) is 23.1 Å². The van der Waals surface area contributed by atoms with Crippen molar-refractivity contribution in [2.75, 3.05) is 30.0 Å². The molecule has 2 aromatic heterocycles. The Hall–Kier alpha value is -4.44. The molecule has 0 bridgehead atoms. The van der Waals surface area contributed by atoms with Gasteiger partial charge in [-0.15, -0.1) is 12.4 Å². The van der Waals surface area contributed by atoms with Crippen LogP contribution < -0.4 is 15.5 Å². The Morgan fingerprint density at radius 3 is 2.42 bits per heavy atom. The Morgan fingerprint density at radius 1 is 1.08 bits per heavy atom. The number of rotatable bonds is 9. The Balaban J connectivity index is 0.00000400. The molecule has 0 aliphatic rings. The lowest BCUT2D eigenvalue weighted by atomic mass is 10.1. The number of amidine groups is 1. The number of esters is 1. The maximum Gasteiger partial charge on any atom is 0.326 e. The van der Waals surface area contributed by atoms with Gasteiger partial charge in [0.2, 0.25) is 0 Å². The summed E-state index contributed by atoms with van der Waals surface area (Å²) in [6.07, 6.45) is 1.57. The maximum atomic E-state index is 13.5. The third-order valence-corrected chi connectivity index (χ3v) is 5.98. The lowest BCUT2D eigenvalue weighted by Crippen LogP contribution is -2.37. The molecule has 0 saturated heterocycles. The van der Waals surface area contributed by atoms with E-state index in [-0.39, 0.29) is 37.3 Å². The molecule has 4 rings (SSSR count). The molecule has 0 fully saturated rings. The molecule has 0 aliphatic heterocycles. The molecule has 198 valence electrons. The van der Waals surface area contributed by atoms with Crippen LogP contribution in [-0.4, -0.2) is 52.4 Å². The molecule has 10 nitrogen and oxygen atoms in total. The van der Waals surface area contributed by atoms with Gasteiger partial charge < -0.3 is 19.9 Å². The van der Waals surface area contributed by atoms with E-state index in [1.54, 1.807) is 43.5 Å². The second-order valence-electron chi connectivity index (χ2n) is 8.49. The fourth-order valence-electron chi connectivity index (χ4n) is 3.98. The SMILES string of the molecule is CCOC(=O)CN(C(=O)c1ccc2c(c1)nc(CN(C)c1ccc(C(=N)N)cc1)n2C)c1ccccn1.Cl. The van der Waals surface area contributed by atoms with Gasteiger partial charge in [0.25, 0.3) is 5.91 Å². The molecule has 11 heteroatoms. The zero-order chi connectivity index (χ0) is 26.5. The lowest BCUT2D eigenvalue weighted by Gasteiger charge is -2.20. The van der Waals surface area contributed by atoms with Gasteiger partial charge in [-0.25, -0.2) is 9.97 Å². The standard InChI is InChI=1S/C27H29N7O3.ClH/c1-4-37-25(35)17-34(23-7-5-6-14-30-23)27(36)19-10-13-22-21(15-19)31-24(33(22)3)16-32(2)20-11-8-18(9-12-20)26(28)29;/h5-15H,4,16-17H2,1-3H3,(H3,28,29);1H. The summed E-state index contributed by atoms with van der Waals surface area (Å²) in [4.78, 5) is 38.1. The van der Waals surface area contributed by atoms with E-state index in [1.165, 1.54) is 4.90 Å². The number of nitrogens with two attached hydrogens (primary N) is 1. The van der Waals surface area contributed by atoms with E-state index in [0.29, 0.717) is 29.0 Å². The third-order valence-electron chi connectivity index (χ3n) is 5.98. The van der Waals surface area contributed by atoms with Gasteiger partial charge in [0.05, 0.1) is 24.2 Å². The zero-order valence-electron chi connectivity index (χ0n) is 21.4. The van der Waals surface area contributed by atoms with Crippen molar-refractivity contribution in [1.29, 1.82) is 5.41 Å². The number of nitrogens with one attached hydrogen (secondary N) is 1. The number of nitrogen functional groups attached to an aromatic ring is 1. The molecule has 38 heavy (non-hydrogen) atoms. The highest BCUT2D eigenvalue weighted by atomic mass is 35.5. The van der Waals surface area contributed by atoms with Crippen LogP contribution in [0.25, 0.3) is 11.0 Å². The lowest BCUT2D eigenvalue weighted by molar-refractivity contribution is -0.141. The van der Waals surface area contributed by atoms with Gasteiger partial charge in [-0.1, -0.05) is 6.07 Å². The number of fused-ring (bicyclic) bond motifs is 1. The highest BCUT2D eigenvalue weighted by Crippen LogP contribution is 2.22. The second kappa shape index (κ2) is 12.2. The summed E-state index contributed by atoms with van der Waals surface area (Å²) >= 11 is 0. The van der Waals surface area contributed by atoms with E-state index in [1.807, 2.05) is 53.9 Å². The highest BCUT2D eigenvalue weighted by molar-refractivity contribution is 6.09. The van der Waals surface area contributed by atoms with Crippen LogP contribution in [0.1, 0.15) is 28.7 Å². The first-order chi connectivity index (χ1) is 17.8. The minimum absolute atomic E-state index is 0. The number of anilines is 2. The van der Waals surface area contributed by atoms with Crippen molar-refractivity contribution in [3.8, 4) is 0 Å². The largest absolute Gasteiger partial charge is 0.465 e. The molecular formula is C27H30ClN7O3. The van der Waals surface area contributed by atoms with Crippen molar-refractivity contribution in [3.05, 3.63) is 83.8 Å². The van der Waals surface area contributed by atoms with Gasteiger partial charge in [-0.2, -0.15) is 0 Å². The van der Waals surface area contributed by atoms with Crippen molar-refractivity contribution in [2.45, 2.75) is 13.5 Å². The zero-order valence-corrected chi connectivity index (χ0v) is 22.2. The molecule has 0 saturated carbocycles. The minimum atomic E-state index is -0.512. The quantitative estimate of drug-likeness (QED) is 0.190. The molecule has 0 aliphatic carbocycles. The minimum Gasteiger partial charge on any atom is -0.465 e. The molecule has 0 radical (unpaired) electrons. The normalized spacial score (nSPS) is 10.5. The Kier molecular flexibility index (Phi) is 9.03. The summed E-state index contributed by atoms with van der Waals surface area (Å²) in [7, 11) is 3.89. The van der Waals surface area contributed by atoms with E-state index in [0.717, 1.165) is 17.0 Å². The first-order valence-electron chi connectivity index (χ1n) is 11.8. The number of halogens is 1. The van der Waals surface area contributed by atoms with Crippen molar-refractivity contribution < 1.29 is 14.3 Å². The molecule has 3 N–H and O–H groups in total. The maximum absolute atomic E-state index is 13.5. The number of carbonyl (C=O) groups is 2. The number of nitrogens with zero attached hydrogens (tertiary/aromatic N) is 5. The monoisotopic (exact) mass is 535 g/mol. The fourth-order valence-corrected chi connectivity index (χ4v) is 3.98. The number of hydrogen-bond acceptors (Lipinski definition) is 7. The number of imidazole rings is 1. The van der Waals surface area contributed by atoms with Crippen molar-refractivity contribution >= 4 is 52.7 Å². The van der Waals surface area contributed by atoms with E-state index in [2.05, 4.69) is 4.98 Å². The van der Waals surface area contributed by atoms with Crippen LogP contribution in [0.5, 0.6) is 0 Å². The fraction of sp³-hybridized carbons (Fsp3) is 0.222. The summed E-state index contributed by atoms with van der Waals surface area (Å²) in [5, 5.41) is 7.55. The number of carbonyl (C=O) groups excluding carboxylic acids is 2. The van der Waals surface area contributed by atoms with Crippen molar-refractivity contribution in [3.63, 3.8) is 0 Å². The average molecular weight is 536 g/mol. The van der Waals surface area contributed by atoms with Crippen LogP contribution in [0.2, 0.25) is 0 Å². The first-order valence-corrected chi connectivity index (χ1v) is 11.8. The number of ether oxygens (including phenoxy) is 1. The van der Waals surface area contributed by atoms with Crippen LogP contribution in [0, 0.1) is 5.41 Å². The predicted octanol–water partition coefficient (Wildman–Crippen LogP) is 3.52. The number of benzene rings is 2. The molecule has 0 spiro atoms. The van der Waals surface area contributed by atoms with Gasteiger partial charge in [-0.3, -0.25) is 19.9 Å². The van der Waals surface area contributed by atoms with Gasteiger partial charge in [0.15, 0.2) is 0 Å². The number of pyridine rings is 1. The Bertz CT molecular complexity index is 1440. The summed E-state index contributed by atoms with van der Waals surface area (Å²) < 4.78 is 7.05. The number of hydrogen-bond donors (Lipinski definition) is 2. The molecule has 1 amide bonds. The topological polar surface area (TPSA) is 130 Å². The van der Waals surface area contributed by atoms with Gasteiger partial charge >= 0.3 is 5.97 Å². The molecule has 2 heterocycles. The van der Waals surface area contributed by atoms with Gasteiger partial charge in [-0.05, 0) is 61.5 Å². The van der Waals surface area contributed by atoms with Crippen molar-refractivity contribution in [1.82, 2.24) is 14.5 Å². The predicted molar refractivity (Wildman–Crippen MR) is 150 cm³/mol.